The lowest BCUT2D eigenvalue weighted by Gasteiger charge is -2.09. The molecular formula is C12H8F3NO2. The molecule has 2 aromatic rings. The quantitative estimate of drug-likeness (QED) is 0.888. The predicted octanol–water partition coefficient (Wildman–Crippen LogP) is 1.75. The van der Waals surface area contributed by atoms with E-state index in [1.54, 1.807) is 0 Å². The van der Waals surface area contributed by atoms with Gasteiger partial charge in [-0.15, -0.1) is 0 Å². The molecule has 0 spiro atoms. The molecule has 0 unspecified atom stereocenters. The van der Waals surface area contributed by atoms with Crippen LogP contribution in [0.3, 0.4) is 0 Å². The Labute approximate surface area is 99.7 Å². The highest BCUT2D eigenvalue weighted by Gasteiger charge is 2.15. The van der Waals surface area contributed by atoms with Gasteiger partial charge in [-0.25, -0.2) is 13.2 Å². The first-order valence-electron chi connectivity index (χ1n) is 5.01. The summed E-state index contributed by atoms with van der Waals surface area (Å²) >= 11 is 0. The average Bonchev–Trinajstić information content (AvgIpc) is 2.30. The molecule has 6 heteroatoms. The average molecular weight is 255 g/mol. The van der Waals surface area contributed by atoms with E-state index >= 15 is 0 Å². The summed E-state index contributed by atoms with van der Waals surface area (Å²) in [6, 6.07) is 3.65. The Morgan fingerprint density at radius 1 is 1.17 bits per heavy atom. The fourth-order valence-electron chi connectivity index (χ4n) is 1.60. The van der Waals surface area contributed by atoms with E-state index in [0.717, 1.165) is 6.20 Å². The maximum atomic E-state index is 13.5. The molecule has 0 saturated carbocycles. The number of nitrogens with zero attached hydrogens (tertiary/aromatic N) is 1. The molecule has 18 heavy (non-hydrogen) atoms. The normalized spacial score (nSPS) is 10.7. The van der Waals surface area contributed by atoms with Crippen LogP contribution in [0, 0.1) is 17.5 Å². The predicted molar refractivity (Wildman–Crippen MR) is 57.8 cm³/mol. The van der Waals surface area contributed by atoms with E-state index in [0.29, 0.717) is 16.7 Å². The van der Waals surface area contributed by atoms with E-state index in [9.17, 15) is 18.0 Å². The Hall–Kier alpha value is -2.08. The lowest BCUT2D eigenvalue weighted by molar-refractivity contribution is 0.279. The Balaban J connectivity index is 2.74. The van der Waals surface area contributed by atoms with Crippen molar-refractivity contribution in [2.75, 3.05) is 0 Å². The van der Waals surface area contributed by atoms with Crippen LogP contribution in [0.4, 0.5) is 13.2 Å². The van der Waals surface area contributed by atoms with Gasteiger partial charge in [-0.05, 0) is 12.1 Å². The van der Waals surface area contributed by atoms with E-state index in [1.807, 2.05) is 0 Å². The third-order valence-electron chi connectivity index (χ3n) is 2.42. The van der Waals surface area contributed by atoms with Crippen LogP contribution in [0.5, 0.6) is 0 Å². The molecule has 0 fully saturated rings. The summed E-state index contributed by atoms with van der Waals surface area (Å²) in [5.74, 6) is -3.45. The highest BCUT2D eigenvalue weighted by atomic mass is 19.1. The van der Waals surface area contributed by atoms with Gasteiger partial charge >= 0.3 is 0 Å². The van der Waals surface area contributed by atoms with Crippen molar-refractivity contribution in [1.29, 1.82) is 0 Å². The molecule has 0 aliphatic heterocycles. The number of aromatic nitrogens is 1. The first-order chi connectivity index (χ1) is 8.54. The summed E-state index contributed by atoms with van der Waals surface area (Å²) in [6.07, 6.45) is 1.14. The first kappa shape index (κ1) is 12.4. The Morgan fingerprint density at radius 2 is 1.78 bits per heavy atom. The molecule has 1 aromatic carbocycles. The summed E-state index contributed by atoms with van der Waals surface area (Å²) in [7, 11) is 0. The zero-order chi connectivity index (χ0) is 13.3. The fraction of sp³-hybridized carbons (Fsp3) is 0.0833. The maximum absolute atomic E-state index is 13.5. The minimum atomic E-state index is -1.19. The van der Waals surface area contributed by atoms with E-state index < -0.39 is 35.3 Å². The second kappa shape index (κ2) is 4.66. The van der Waals surface area contributed by atoms with Crippen LogP contribution < -0.4 is 5.56 Å². The van der Waals surface area contributed by atoms with Gasteiger partial charge in [0, 0.05) is 23.9 Å². The molecule has 0 saturated heterocycles. The largest absolute Gasteiger partial charge is 0.391 e. The van der Waals surface area contributed by atoms with Gasteiger partial charge in [0.25, 0.3) is 5.56 Å². The lowest BCUT2D eigenvalue weighted by atomic mass is 10.2. The third-order valence-corrected chi connectivity index (χ3v) is 2.42. The van der Waals surface area contributed by atoms with E-state index in [2.05, 4.69) is 0 Å². The van der Waals surface area contributed by atoms with Crippen LogP contribution in [-0.4, -0.2) is 9.67 Å². The molecule has 1 heterocycles. The molecule has 3 nitrogen and oxygen atoms in total. The summed E-state index contributed by atoms with van der Waals surface area (Å²) < 4.78 is 40.5. The molecule has 1 aromatic heterocycles. The minimum absolute atomic E-state index is 0.0133. The van der Waals surface area contributed by atoms with Crippen LogP contribution in [0.25, 0.3) is 5.69 Å². The molecule has 0 aliphatic rings. The molecule has 94 valence electrons. The maximum Gasteiger partial charge on any atom is 0.260 e. The number of aliphatic hydroxyl groups excluding tert-OH is 1. The van der Waals surface area contributed by atoms with E-state index in [4.69, 9.17) is 5.11 Å². The van der Waals surface area contributed by atoms with E-state index in [1.165, 1.54) is 12.1 Å². The van der Waals surface area contributed by atoms with Crippen LogP contribution in [0.15, 0.2) is 35.3 Å². The molecule has 1 N–H and O–H groups in total. The van der Waals surface area contributed by atoms with Crippen molar-refractivity contribution >= 4 is 0 Å². The number of rotatable bonds is 2. The van der Waals surface area contributed by atoms with Crippen molar-refractivity contribution in [3.8, 4) is 5.69 Å². The number of aliphatic hydroxyl groups is 1. The van der Waals surface area contributed by atoms with Crippen LogP contribution in [-0.2, 0) is 6.61 Å². The highest BCUT2D eigenvalue weighted by molar-refractivity contribution is 5.36. The van der Waals surface area contributed by atoms with Crippen molar-refractivity contribution in [1.82, 2.24) is 4.57 Å². The molecular weight excluding hydrogens is 247 g/mol. The van der Waals surface area contributed by atoms with Crippen molar-refractivity contribution < 1.29 is 18.3 Å². The second-order valence-electron chi connectivity index (χ2n) is 3.58. The molecule has 0 radical (unpaired) electrons. The smallest absolute Gasteiger partial charge is 0.260 e. The topological polar surface area (TPSA) is 42.2 Å². The van der Waals surface area contributed by atoms with Gasteiger partial charge in [-0.1, -0.05) is 0 Å². The van der Waals surface area contributed by atoms with Gasteiger partial charge in [0.2, 0.25) is 0 Å². The standard InChI is InChI=1S/C12H8F3NO2/c13-8-4-9(14)11(10(15)5-8)16-3-1-2-7(6-17)12(16)18/h1-5,17H,6H2. The zero-order valence-corrected chi connectivity index (χ0v) is 9.03. The SMILES string of the molecule is O=c1c(CO)cccn1-c1c(F)cc(F)cc1F. The van der Waals surface area contributed by atoms with Crippen molar-refractivity contribution in [3.05, 3.63) is 63.8 Å². The van der Waals surface area contributed by atoms with Gasteiger partial charge < -0.3 is 5.11 Å². The summed E-state index contributed by atoms with van der Waals surface area (Å²) in [6.45, 7) is -0.551. The monoisotopic (exact) mass is 255 g/mol. The highest BCUT2D eigenvalue weighted by Crippen LogP contribution is 2.17. The summed E-state index contributed by atoms with van der Waals surface area (Å²) in [5.41, 5.74) is -1.44. The summed E-state index contributed by atoms with van der Waals surface area (Å²) in [5, 5.41) is 8.91. The van der Waals surface area contributed by atoms with Gasteiger partial charge in [-0.3, -0.25) is 9.36 Å². The molecule has 0 bridgehead atoms. The van der Waals surface area contributed by atoms with Crippen molar-refractivity contribution in [2.45, 2.75) is 6.61 Å². The molecule has 0 aliphatic carbocycles. The number of benzene rings is 1. The number of halogens is 3. The molecule has 0 atom stereocenters. The number of hydrogen-bond acceptors (Lipinski definition) is 2. The molecule has 0 amide bonds. The molecule has 2 rings (SSSR count). The van der Waals surface area contributed by atoms with Gasteiger partial charge in [0.15, 0.2) is 11.6 Å². The van der Waals surface area contributed by atoms with Crippen molar-refractivity contribution in [2.24, 2.45) is 0 Å². The minimum Gasteiger partial charge on any atom is -0.391 e. The third kappa shape index (κ3) is 2.02. The summed E-state index contributed by atoms with van der Waals surface area (Å²) in [4.78, 5) is 11.8. The zero-order valence-electron chi connectivity index (χ0n) is 9.03. The van der Waals surface area contributed by atoms with Gasteiger partial charge in [-0.2, -0.15) is 0 Å². The number of pyridine rings is 1. The lowest BCUT2D eigenvalue weighted by Crippen LogP contribution is -2.23. The Bertz CT molecular complexity index is 629. The van der Waals surface area contributed by atoms with Crippen LogP contribution in [0.2, 0.25) is 0 Å². The Morgan fingerprint density at radius 3 is 2.33 bits per heavy atom. The van der Waals surface area contributed by atoms with E-state index in [-0.39, 0.29) is 5.56 Å². The van der Waals surface area contributed by atoms with Gasteiger partial charge in [0.05, 0.1) is 6.61 Å². The van der Waals surface area contributed by atoms with Crippen LogP contribution in [0.1, 0.15) is 5.56 Å². The Kier molecular flexibility index (Phi) is 3.20. The fourth-order valence-corrected chi connectivity index (χ4v) is 1.60. The number of hydrogen-bond donors (Lipinski definition) is 1. The van der Waals surface area contributed by atoms with Crippen LogP contribution >= 0.6 is 0 Å². The second-order valence-corrected chi connectivity index (χ2v) is 3.58. The first-order valence-corrected chi connectivity index (χ1v) is 5.01. The van der Waals surface area contributed by atoms with Gasteiger partial charge in [0.1, 0.15) is 11.5 Å². The van der Waals surface area contributed by atoms with Crippen molar-refractivity contribution in [3.63, 3.8) is 0 Å².